The quantitative estimate of drug-likeness (QED) is 0.174. The van der Waals surface area contributed by atoms with Crippen molar-refractivity contribution >= 4 is 23.9 Å². The molecule has 18 nitrogen and oxygen atoms in total. The number of nitrogens with zero attached hydrogens (tertiary/aromatic N) is 3. The zero-order chi connectivity index (χ0) is 49.9. The number of esters is 1. The summed E-state index contributed by atoms with van der Waals surface area (Å²) in [4.78, 5) is 49.9. The van der Waals surface area contributed by atoms with Crippen molar-refractivity contribution in [3.8, 4) is 0 Å². The van der Waals surface area contributed by atoms with E-state index in [1.807, 2.05) is 76.9 Å². The van der Waals surface area contributed by atoms with E-state index in [0.717, 1.165) is 11.3 Å². The van der Waals surface area contributed by atoms with Crippen molar-refractivity contribution in [2.45, 2.75) is 186 Å². The van der Waals surface area contributed by atoms with Gasteiger partial charge in [0.25, 0.3) is 0 Å². The lowest BCUT2D eigenvalue weighted by molar-refractivity contribution is -0.319. The van der Waals surface area contributed by atoms with Crippen LogP contribution < -0.4 is 5.32 Å². The maximum absolute atomic E-state index is 14.8. The minimum atomic E-state index is -1.21. The first kappa shape index (κ1) is 53.9. The van der Waals surface area contributed by atoms with Crippen molar-refractivity contribution in [3.05, 3.63) is 35.9 Å². The number of methoxy groups -OCH3 is 2. The highest BCUT2D eigenvalue weighted by molar-refractivity contribution is 5.91. The number of likely N-dealkylation sites (N-methyl/N-ethyl adjacent to an activating group) is 1. The molecule has 5 aliphatic heterocycles. The van der Waals surface area contributed by atoms with E-state index in [4.69, 9.17) is 47.6 Å². The van der Waals surface area contributed by atoms with Crippen LogP contribution in [0.1, 0.15) is 100 Å². The number of fused-ring (bicyclic) bond motifs is 1. The molecule has 18 atom stereocenters. The third-order valence-electron chi connectivity index (χ3n) is 15.6. The molecule has 5 aliphatic rings. The molecule has 3 N–H and O–H groups in total. The van der Waals surface area contributed by atoms with Crippen LogP contribution in [0.4, 0.5) is 9.59 Å². The number of cyclic esters (lactones) is 1. The third-order valence-corrected chi connectivity index (χ3v) is 15.6. The SMILES string of the molecule is CC[C@H]1OC(=O)[C@H](C)[C@@H](O[C@H]2C[C@@](C)(OC)[C@@H](O)[C@H](C)O2)[C@H](C)[C@@H](O[C@@H]2O[C@H](C)C[C@H](N(C)CCNC(=O)OCc3ccccc3)[C@H]2O)[C@@](C)(OC)C[C@@H](C)C2=NCCN3C(=O)O[C@@]1(C)[C@H]3[C@H]2C. The lowest BCUT2D eigenvalue weighted by Crippen LogP contribution is -2.62. The van der Waals surface area contributed by atoms with E-state index in [0.29, 0.717) is 38.9 Å². The Labute approximate surface area is 403 Å². The molecule has 1 aromatic carbocycles. The molecular weight excluding hydrogens is 881 g/mol. The van der Waals surface area contributed by atoms with E-state index in [1.54, 1.807) is 32.8 Å². The molecule has 2 bridgehead atoms. The number of carbonyl (C=O) groups is 3. The van der Waals surface area contributed by atoms with Gasteiger partial charge in [-0.15, -0.1) is 0 Å². The fourth-order valence-electron chi connectivity index (χ4n) is 11.7. The number of aliphatic hydroxyl groups is 2. The summed E-state index contributed by atoms with van der Waals surface area (Å²) in [5.74, 6) is -2.74. The van der Waals surface area contributed by atoms with Gasteiger partial charge < -0.3 is 58.2 Å². The highest BCUT2D eigenvalue weighted by Gasteiger charge is 2.61. The van der Waals surface area contributed by atoms with E-state index in [2.05, 4.69) is 19.2 Å². The number of alkyl carbamates (subject to hydrolysis) is 1. The van der Waals surface area contributed by atoms with Crippen LogP contribution >= 0.6 is 0 Å². The molecule has 68 heavy (non-hydrogen) atoms. The molecule has 0 radical (unpaired) electrons. The van der Waals surface area contributed by atoms with Crippen LogP contribution in [-0.2, 0) is 54.0 Å². The Morgan fingerprint density at radius 2 is 1.65 bits per heavy atom. The van der Waals surface area contributed by atoms with Gasteiger partial charge in [-0.05, 0) is 79.3 Å². The lowest BCUT2D eigenvalue weighted by atomic mass is 9.72. The lowest BCUT2D eigenvalue weighted by Gasteiger charge is -2.50. The molecule has 0 unspecified atom stereocenters. The molecule has 0 aliphatic carbocycles. The molecule has 5 heterocycles. The Hall–Kier alpha value is -3.46. The van der Waals surface area contributed by atoms with Gasteiger partial charge in [0.2, 0.25) is 0 Å². The summed E-state index contributed by atoms with van der Waals surface area (Å²) in [5, 5.41) is 26.2. The second-order valence-corrected chi connectivity index (χ2v) is 20.6. The predicted molar refractivity (Wildman–Crippen MR) is 251 cm³/mol. The summed E-state index contributed by atoms with van der Waals surface area (Å²) >= 11 is 0. The van der Waals surface area contributed by atoms with Crippen LogP contribution in [0.15, 0.2) is 35.3 Å². The van der Waals surface area contributed by atoms with Crippen molar-refractivity contribution in [1.29, 1.82) is 0 Å². The fraction of sp³-hybridized carbons (Fsp3) is 0.800. The predicted octanol–water partition coefficient (Wildman–Crippen LogP) is 5.09. The van der Waals surface area contributed by atoms with Gasteiger partial charge in [-0.2, -0.15) is 0 Å². The number of carbonyl (C=O) groups excluding carboxylic acids is 3. The number of ether oxygens (including phenoxy) is 9. The highest BCUT2D eigenvalue weighted by atomic mass is 16.7. The summed E-state index contributed by atoms with van der Waals surface area (Å²) in [6.45, 7) is 20.5. The second-order valence-electron chi connectivity index (χ2n) is 20.6. The van der Waals surface area contributed by atoms with Gasteiger partial charge in [-0.1, -0.05) is 58.0 Å². The van der Waals surface area contributed by atoms with Crippen LogP contribution in [-0.4, -0.2) is 176 Å². The molecular formula is C50H80N4O14. The standard InChI is InChI=1S/C50H80N4O14/c1-14-36-50(10)41-30(4)38(51-21-23-54(41)47(59)68-50)28(2)25-49(9,61-13)43(31(5)40(32(6)44(57)65-36)66-37-26-48(8,60-12)42(56)33(7)64-37)67-45-39(55)35(24-29(3)63-45)53(11)22-20-52-46(58)62-27-34-18-16-15-17-19-34/h15-19,28-33,35-37,39-43,45,55-56H,14,20-27H2,1-13H3,(H,52,58)/t28-,29-,30+,31+,32-,33+,35+,36-,37+,39-,40+,41-,42+,43-,45+,48-,49+,50-/m1/s1. The van der Waals surface area contributed by atoms with Gasteiger partial charge in [0, 0.05) is 63.9 Å². The summed E-state index contributed by atoms with van der Waals surface area (Å²) in [7, 11) is 5.03. The summed E-state index contributed by atoms with van der Waals surface area (Å²) < 4.78 is 57.4. The first-order valence-corrected chi connectivity index (χ1v) is 24.6. The minimum Gasteiger partial charge on any atom is -0.458 e. The molecule has 4 fully saturated rings. The molecule has 2 amide bonds. The van der Waals surface area contributed by atoms with Crippen molar-refractivity contribution in [1.82, 2.24) is 15.1 Å². The van der Waals surface area contributed by atoms with Gasteiger partial charge in [0.1, 0.15) is 24.9 Å². The number of hydrogen-bond donors (Lipinski definition) is 3. The van der Waals surface area contributed by atoms with Crippen molar-refractivity contribution in [3.63, 3.8) is 0 Å². The van der Waals surface area contributed by atoms with E-state index in [1.165, 1.54) is 7.11 Å². The molecule has 18 heteroatoms. The Kier molecular flexibility index (Phi) is 17.7. The van der Waals surface area contributed by atoms with Crippen LogP contribution in [0.25, 0.3) is 0 Å². The summed E-state index contributed by atoms with van der Waals surface area (Å²) in [6, 6.07) is 8.50. The number of nitrogens with one attached hydrogen (secondary N) is 1. The monoisotopic (exact) mass is 961 g/mol. The average Bonchev–Trinajstić information content (AvgIpc) is 3.43. The van der Waals surface area contributed by atoms with Gasteiger partial charge in [0.05, 0.1) is 54.1 Å². The van der Waals surface area contributed by atoms with Gasteiger partial charge in [0.15, 0.2) is 18.2 Å². The van der Waals surface area contributed by atoms with E-state index >= 15 is 0 Å². The number of aliphatic hydroxyl groups excluding tert-OH is 2. The number of hydrogen-bond acceptors (Lipinski definition) is 16. The molecule has 6 rings (SSSR count). The van der Waals surface area contributed by atoms with Gasteiger partial charge in [-0.3, -0.25) is 19.6 Å². The largest absolute Gasteiger partial charge is 0.458 e. The van der Waals surface area contributed by atoms with Crippen molar-refractivity contribution < 1.29 is 67.2 Å². The average molecular weight is 961 g/mol. The molecule has 0 aromatic heterocycles. The zero-order valence-corrected chi connectivity index (χ0v) is 42.5. The topological polar surface area (TPSA) is 206 Å². The highest BCUT2D eigenvalue weighted by Crippen LogP contribution is 2.45. The Morgan fingerprint density at radius 1 is 0.956 bits per heavy atom. The van der Waals surface area contributed by atoms with Crippen LogP contribution in [0.3, 0.4) is 0 Å². The third kappa shape index (κ3) is 11.3. The molecule has 384 valence electrons. The minimum absolute atomic E-state index is 0.139. The molecule has 0 spiro atoms. The van der Waals surface area contributed by atoms with Crippen molar-refractivity contribution in [2.75, 3.05) is 47.4 Å². The van der Waals surface area contributed by atoms with E-state index < -0.39 is 108 Å². The van der Waals surface area contributed by atoms with Gasteiger partial charge >= 0.3 is 18.2 Å². The van der Waals surface area contributed by atoms with Gasteiger partial charge in [-0.25, -0.2) is 9.59 Å². The summed E-state index contributed by atoms with van der Waals surface area (Å²) in [5.41, 5.74) is -1.63. The molecule has 1 aromatic rings. The summed E-state index contributed by atoms with van der Waals surface area (Å²) in [6.07, 6.45) is -7.63. The number of rotatable bonds is 13. The zero-order valence-electron chi connectivity index (χ0n) is 42.5. The maximum atomic E-state index is 14.8. The van der Waals surface area contributed by atoms with E-state index in [-0.39, 0.29) is 37.5 Å². The second kappa shape index (κ2) is 22.3. The normalized spacial score (nSPS) is 41.5. The van der Waals surface area contributed by atoms with Crippen LogP contribution in [0.5, 0.6) is 0 Å². The molecule has 4 saturated heterocycles. The number of aliphatic imine (C=N–C) groups is 1. The first-order chi connectivity index (χ1) is 32.1. The number of benzene rings is 1. The first-order valence-electron chi connectivity index (χ1n) is 24.6. The molecule has 0 saturated carbocycles. The number of amides is 2. The Balaban J connectivity index is 1.34. The van der Waals surface area contributed by atoms with Crippen LogP contribution in [0.2, 0.25) is 0 Å². The fourth-order valence-corrected chi connectivity index (χ4v) is 11.7. The van der Waals surface area contributed by atoms with Crippen LogP contribution in [0, 0.1) is 23.7 Å². The van der Waals surface area contributed by atoms with E-state index in [9.17, 15) is 24.6 Å². The smallest absolute Gasteiger partial charge is 0.410 e. The Morgan fingerprint density at radius 3 is 2.31 bits per heavy atom. The maximum Gasteiger partial charge on any atom is 0.410 e. The van der Waals surface area contributed by atoms with Crippen molar-refractivity contribution in [2.24, 2.45) is 28.7 Å². The Bertz CT molecular complexity index is 1900.